The fourth-order valence-electron chi connectivity index (χ4n) is 2.37. The number of benzene rings is 2. The third kappa shape index (κ3) is 4.46. The van der Waals surface area contributed by atoms with Gasteiger partial charge in [-0.25, -0.2) is 0 Å². The molecule has 0 saturated heterocycles. The molecule has 1 heterocycles. The molecule has 4 nitrogen and oxygen atoms in total. The van der Waals surface area contributed by atoms with E-state index in [1.807, 2.05) is 68.4 Å². The Balaban J connectivity index is 1.69. The molecule has 0 bridgehead atoms. The summed E-state index contributed by atoms with van der Waals surface area (Å²) in [4.78, 5) is 13.7. The van der Waals surface area contributed by atoms with Crippen LogP contribution in [-0.2, 0) is 4.79 Å². The van der Waals surface area contributed by atoms with E-state index in [-0.39, 0.29) is 11.2 Å². The van der Waals surface area contributed by atoms with Crippen LogP contribution < -0.4 is 5.32 Å². The number of rotatable bonds is 6. The molecule has 6 heteroatoms. The summed E-state index contributed by atoms with van der Waals surface area (Å²) in [7, 11) is 0. The van der Waals surface area contributed by atoms with Crippen LogP contribution >= 0.6 is 23.1 Å². The Bertz CT molecular complexity index is 849. The lowest BCUT2D eigenvalue weighted by Gasteiger charge is -2.13. The summed E-state index contributed by atoms with van der Waals surface area (Å²) in [5.74, 6) is -0.0381. The van der Waals surface area contributed by atoms with Gasteiger partial charge in [0, 0.05) is 10.5 Å². The van der Waals surface area contributed by atoms with Gasteiger partial charge in [0.2, 0.25) is 11.0 Å². The number of hydrogen-bond acceptors (Lipinski definition) is 5. The first kappa shape index (κ1) is 17.6. The van der Waals surface area contributed by atoms with E-state index in [1.165, 1.54) is 11.3 Å². The number of anilines is 1. The maximum atomic E-state index is 12.6. The van der Waals surface area contributed by atoms with Gasteiger partial charge in [-0.15, -0.1) is 22.0 Å². The van der Waals surface area contributed by atoms with Gasteiger partial charge in [-0.1, -0.05) is 60.7 Å². The highest BCUT2D eigenvalue weighted by Gasteiger charge is 2.20. The highest BCUT2D eigenvalue weighted by molar-refractivity contribution is 8.00. The number of aromatic nitrogens is 2. The van der Waals surface area contributed by atoms with Crippen molar-refractivity contribution in [3.8, 4) is 10.6 Å². The summed E-state index contributed by atoms with van der Waals surface area (Å²) in [6, 6.07) is 18.0. The normalized spacial score (nSPS) is 11.9. The standard InChI is InChI=1S/C19H19N3OS2/c1-3-16(24-14-10-5-4-6-11-14)17(23)20-19-22-21-18(25-19)15-12-8-7-9-13(15)2/h4-12,16H,3H2,1-2H3,(H,20,22,23)/t16-/m1/s1. The van der Waals surface area contributed by atoms with E-state index in [4.69, 9.17) is 0 Å². The van der Waals surface area contributed by atoms with Gasteiger partial charge in [0.1, 0.15) is 5.01 Å². The Morgan fingerprint density at radius 3 is 2.56 bits per heavy atom. The van der Waals surface area contributed by atoms with Crippen molar-refractivity contribution >= 4 is 34.1 Å². The van der Waals surface area contributed by atoms with Crippen LogP contribution in [0.5, 0.6) is 0 Å². The van der Waals surface area contributed by atoms with Crippen LogP contribution in [0.3, 0.4) is 0 Å². The molecule has 3 rings (SSSR count). The Hall–Kier alpha value is -2.18. The first-order valence-electron chi connectivity index (χ1n) is 8.09. The number of nitrogens with one attached hydrogen (secondary N) is 1. The molecule has 2 aromatic carbocycles. The van der Waals surface area contributed by atoms with Crippen molar-refractivity contribution in [2.75, 3.05) is 5.32 Å². The Morgan fingerprint density at radius 1 is 1.12 bits per heavy atom. The average Bonchev–Trinajstić information content (AvgIpc) is 3.09. The topological polar surface area (TPSA) is 54.9 Å². The quantitative estimate of drug-likeness (QED) is 0.620. The van der Waals surface area contributed by atoms with Crippen molar-refractivity contribution in [2.45, 2.75) is 30.4 Å². The molecule has 0 radical (unpaired) electrons. The number of amides is 1. The second-order valence-corrected chi connectivity index (χ2v) is 7.80. The monoisotopic (exact) mass is 369 g/mol. The third-order valence-corrected chi connectivity index (χ3v) is 5.96. The number of carbonyl (C=O) groups is 1. The van der Waals surface area contributed by atoms with Crippen LogP contribution in [0.15, 0.2) is 59.5 Å². The summed E-state index contributed by atoms with van der Waals surface area (Å²) < 4.78 is 0. The molecule has 0 aliphatic rings. The van der Waals surface area contributed by atoms with Crippen LogP contribution in [-0.4, -0.2) is 21.4 Å². The lowest BCUT2D eigenvalue weighted by Crippen LogP contribution is -2.24. The number of hydrogen-bond donors (Lipinski definition) is 1. The lowest BCUT2D eigenvalue weighted by atomic mass is 10.1. The summed E-state index contributed by atoms with van der Waals surface area (Å²) in [6.07, 6.45) is 0.745. The fourth-order valence-corrected chi connectivity index (χ4v) is 4.18. The smallest absolute Gasteiger partial charge is 0.239 e. The van der Waals surface area contributed by atoms with Crippen LogP contribution in [0.25, 0.3) is 10.6 Å². The molecule has 0 fully saturated rings. The molecular weight excluding hydrogens is 350 g/mol. The zero-order valence-corrected chi connectivity index (χ0v) is 15.7. The van der Waals surface area contributed by atoms with Gasteiger partial charge < -0.3 is 0 Å². The highest BCUT2D eigenvalue weighted by Crippen LogP contribution is 2.30. The molecule has 0 aliphatic carbocycles. The molecule has 0 aliphatic heterocycles. The van der Waals surface area contributed by atoms with Gasteiger partial charge in [0.15, 0.2) is 0 Å². The first-order valence-corrected chi connectivity index (χ1v) is 9.79. The molecule has 0 saturated carbocycles. The van der Waals surface area contributed by atoms with E-state index in [0.29, 0.717) is 5.13 Å². The number of thioether (sulfide) groups is 1. The minimum absolute atomic E-state index is 0.0381. The largest absolute Gasteiger partial charge is 0.300 e. The van der Waals surface area contributed by atoms with Gasteiger partial charge in [-0.3, -0.25) is 10.1 Å². The van der Waals surface area contributed by atoms with Gasteiger partial charge in [0.25, 0.3) is 0 Å². The second kappa shape index (κ2) is 8.27. The van der Waals surface area contributed by atoms with Crippen LogP contribution in [0.4, 0.5) is 5.13 Å². The summed E-state index contributed by atoms with van der Waals surface area (Å²) in [5, 5.41) is 12.4. The molecule has 3 aromatic rings. The fraction of sp³-hybridized carbons (Fsp3) is 0.211. The van der Waals surface area contributed by atoms with Crippen LogP contribution in [0.2, 0.25) is 0 Å². The molecule has 25 heavy (non-hydrogen) atoms. The zero-order chi connectivity index (χ0) is 17.6. The minimum Gasteiger partial charge on any atom is -0.300 e. The predicted octanol–water partition coefficient (Wildman–Crippen LogP) is 5.02. The molecule has 1 amide bonds. The van der Waals surface area contributed by atoms with Crippen LogP contribution in [0.1, 0.15) is 18.9 Å². The molecule has 1 atom stereocenters. The summed E-state index contributed by atoms with van der Waals surface area (Å²) in [5.41, 5.74) is 2.19. The third-order valence-electron chi connectivity index (χ3n) is 3.72. The average molecular weight is 370 g/mol. The summed E-state index contributed by atoms with van der Waals surface area (Å²) in [6.45, 7) is 4.05. The predicted molar refractivity (Wildman–Crippen MR) is 105 cm³/mol. The van der Waals surface area contributed by atoms with Gasteiger partial charge in [-0.2, -0.15) is 0 Å². The van der Waals surface area contributed by atoms with E-state index in [2.05, 4.69) is 15.5 Å². The maximum absolute atomic E-state index is 12.6. The molecule has 1 aromatic heterocycles. The number of aryl methyl sites for hydroxylation is 1. The first-order chi connectivity index (χ1) is 12.2. The van der Waals surface area contributed by atoms with Crippen LogP contribution in [0, 0.1) is 6.92 Å². The maximum Gasteiger partial charge on any atom is 0.239 e. The van der Waals surface area contributed by atoms with Crippen molar-refractivity contribution in [3.05, 3.63) is 60.2 Å². The van der Waals surface area contributed by atoms with Crippen molar-refractivity contribution in [2.24, 2.45) is 0 Å². The molecule has 1 N–H and O–H groups in total. The van der Waals surface area contributed by atoms with E-state index in [1.54, 1.807) is 11.8 Å². The van der Waals surface area contributed by atoms with Crippen molar-refractivity contribution < 1.29 is 4.79 Å². The molecule has 0 unspecified atom stereocenters. The van der Waals surface area contributed by atoms with Crippen molar-refractivity contribution in [3.63, 3.8) is 0 Å². The molecule has 0 spiro atoms. The van der Waals surface area contributed by atoms with Crippen molar-refractivity contribution in [1.82, 2.24) is 10.2 Å². The van der Waals surface area contributed by atoms with Gasteiger partial charge >= 0.3 is 0 Å². The zero-order valence-electron chi connectivity index (χ0n) is 14.1. The van der Waals surface area contributed by atoms with E-state index >= 15 is 0 Å². The number of carbonyl (C=O) groups excluding carboxylic acids is 1. The molecular formula is C19H19N3OS2. The Morgan fingerprint density at radius 2 is 1.84 bits per heavy atom. The van der Waals surface area contributed by atoms with E-state index < -0.39 is 0 Å². The SMILES string of the molecule is CC[C@@H](Sc1ccccc1)C(=O)Nc1nnc(-c2ccccc2C)s1. The second-order valence-electron chi connectivity index (χ2n) is 5.54. The highest BCUT2D eigenvalue weighted by atomic mass is 32.2. The minimum atomic E-state index is -0.159. The number of nitrogens with zero attached hydrogens (tertiary/aromatic N) is 2. The van der Waals surface area contributed by atoms with Gasteiger partial charge in [-0.05, 0) is 31.0 Å². The van der Waals surface area contributed by atoms with Crippen molar-refractivity contribution in [1.29, 1.82) is 0 Å². The Kier molecular flexibility index (Phi) is 5.83. The lowest BCUT2D eigenvalue weighted by molar-refractivity contribution is -0.115. The Labute approximate surface area is 155 Å². The summed E-state index contributed by atoms with van der Waals surface area (Å²) >= 11 is 2.97. The van der Waals surface area contributed by atoms with E-state index in [0.717, 1.165) is 27.5 Å². The van der Waals surface area contributed by atoms with Gasteiger partial charge in [0.05, 0.1) is 5.25 Å². The molecule has 128 valence electrons. The van der Waals surface area contributed by atoms with E-state index in [9.17, 15) is 4.79 Å².